The van der Waals surface area contributed by atoms with Gasteiger partial charge in [0, 0.05) is 28.1 Å². The molecule has 1 fully saturated rings. The second-order valence-corrected chi connectivity index (χ2v) is 11.5. The van der Waals surface area contributed by atoms with E-state index >= 15 is 0 Å². The van der Waals surface area contributed by atoms with Gasteiger partial charge in [0.15, 0.2) is 29.0 Å². The number of ketones is 1. The zero-order chi connectivity index (χ0) is 30.2. The van der Waals surface area contributed by atoms with E-state index in [0.717, 1.165) is 11.5 Å². The molecule has 1 aliphatic carbocycles. The number of carbonyl (C=O) groups is 5. The topological polar surface area (TPSA) is 258 Å². The molecule has 218 valence electrons. The van der Waals surface area contributed by atoms with E-state index in [1.54, 1.807) is 17.9 Å². The van der Waals surface area contributed by atoms with Gasteiger partial charge in [0.05, 0.1) is 18.5 Å². The summed E-state index contributed by atoms with van der Waals surface area (Å²) in [5, 5.41) is 27.4. The van der Waals surface area contributed by atoms with Crippen LogP contribution in [-0.2, 0) is 42.4 Å². The Bertz CT molecular complexity index is 1510. The van der Waals surface area contributed by atoms with Crippen molar-refractivity contribution in [3.8, 4) is 0 Å². The van der Waals surface area contributed by atoms with Crippen molar-refractivity contribution < 1.29 is 43.7 Å². The highest BCUT2D eigenvalue weighted by Crippen LogP contribution is 2.45. The lowest BCUT2D eigenvalue weighted by atomic mass is 9.71. The van der Waals surface area contributed by atoms with Crippen molar-refractivity contribution in [1.82, 2.24) is 19.4 Å². The molecule has 0 saturated heterocycles. The van der Waals surface area contributed by atoms with E-state index in [9.17, 15) is 34.2 Å². The molecule has 0 aromatic carbocycles. The summed E-state index contributed by atoms with van der Waals surface area (Å²) in [5.41, 5.74) is 10.0. The fourth-order valence-corrected chi connectivity index (χ4v) is 6.15. The first-order chi connectivity index (χ1) is 19.3. The van der Waals surface area contributed by atoms with E-state index in [1.165, 1.54) is 30.3 Å². The maximum absolute atomic E-state index is 13.2. The number of aromatic nitrogens is 4. The normalized spacial score (nSPS) is 20.6. The number of hydrogen-bond donors (Lipinski definition) is 6. The summed E-state index contributed by atoms with van der Waals surface area (Å²) in [6.07, 6.45) is 2.02. The Labute approximate surface area is 239 Å². The van der Waals surface area contributed by atoms with Gasteiger partial charge in [-0.1, -0.05) is 5.16 Å². The predicted octanol–water partition coefficient (Wildman–Crippen LogP) is -1.64. The maximum Gasteiger partial charge on any atom is 0.350 e. The summed E-state index contributed by atoms with van der Waals surface area (Å²) in [6.45, 7) is 2.53. The molecule has 41 heavy (non-hydrogen) atoms. The Morgan fingerprint density at radius 2 is 2.05 bits per heavy atom. The van der Waals surface area contributed by atoms with Crippen LogP contribution in [0.5, 0.6) is 0 Å². The van der Waals surface area contributed by atoms with Gasteiger partial charge in [0.25, 0.3) is 5.91 Å². The van der Waals surface area contributed by atoms with Crippen LogP contribution in [0.25, 0.3) is 0 Å². The minimum absolute atomic E-state index is 0.0105. The minimum Gasteiger partial charge on any atom is -0.478 e. The second kappa shape index (κ2) is 11.2. The van der Waals surface area contributed by atoms with Crippen LogP contribution in [0.15, 0.2) is 22.5 Å². The summed E-state index contributed by atoms with van der Waals surface area (Å²) < 4.78 is 7.06. The van der Waals surface area contributed by atoms with E-state index in [2.05, 4.69) is 25.1 Å². The molecule has 2 amide bonds. The lowest BCUT2D eigenvalue weighted by Crippen LogP contribution is -2.66. The predicted molar refractivity (Wildman–Crippen MR) is 145 cm³/mol. The van der Waals surface area contributed by atoms with Gasteiger partial charge in [-0.3, -0.25) is 14.4 Å². The number of carboxylic acids is 2. The first-order valence-corrected chi connectivity index (χ1v) is 13.6. The van der Waals surface area contributed by atoms with Gasteiger partial charge in [0.1, 0.15) is 6.04 Å². The zero-order valence-corrected chi connectivity index (χ0v) is 23.5. The van der Waals surface area contributed by atoms with Crippen molar-refractivity contribution in [3.05, 3.63) is 23.2 Å². The van der Waals surface area contributed by atoms with E-state index in [4.69, 9.17) is 16.3 Å². The van der Waals surface area contributed by atoms with Gasteiger partial charge in [-0.2, -0.15) is 21.1 Å². The number of fused-ring (bicyclic) bond motifs is 1. The summed E-state index contributed by atoms with van der Waals surface area (Å²) in [4.78, 5) is 69.9. The van der Waals surface area contributed by atoms with Gasteiger partial charge in [-0.05, 0) is 13.8 Å². The van der Waals surface area contributed by atoms with Crippen molar-refractivity contribution in [2.24, 2.45) is 18.1 Å². The Morgan fingerprint density at radius 1 is 1.34 bits per heavy atom. The number of thioether (sulfide) groups is 1. The smallest absolute Gasteiger partial charge is 0.350 e. The molecule has 8 N–H and O–H groups in total. The molecule has 3 heterocycles. The van der Waals surface area contributed by atoms with Crippen LogP contribution >= 0.6 is 23.3 Å². The summed E-state index contributed by atoms with van der Waals surface area (Å²) in [5.74, 6) is -4.81. The molecule has 3 unspecified atom stereocenters. The molecule has 4 rings (SSSR count). The number of carboxylic acid groups (broad SMARTS) is 2. The third-order valence-electron chi connectivity index (χ3n) is 6.53. The number of Topliss-reactive ketones (excluding diaryl/α,β-unsaturated/α-hetero) is 1. The molecule has 1 aliphatic heterocycles. The fraction of sp³-hybridized carbons (Fsp3) is 0.409. The van der Waals surface area contributed by atoms with Gasteiger partial charge in [0.2, 0.25) is 29.7 Å². The largest absolute Gasteiger partial charge is 0.478 e. The molecular weight excluding hydrogens is 582 g/mol. The number of nitrogens with two attached hydrogens (primary N) is 2. The van der Waals surface area contributed by atoms with Crippen LogP contribution in [0, 0.1) is 5.92 Å². The van der Waals surface area contributed by atoms with E-state index in [0.29, 0.717) is 17.7 Å². The summed E-state index contributed by atoms with van der Waals surface area (Å²) in [6, 6.07) is -1.07. The standard InChI is InChI=1S/C22H25N9O8S2/c1-22(2,20(37)38)39-28-13(17-27-21(24)41-29-17)18(34)26-12-14(33)11-10(19(35)36)8(6-40-15(11)12)4-31-5-9(25-7-32)16(23)30(31)3/h5,7,11-12,15,23H,4,6H2,1-3H3,(H6,24,25,26,27,29,32,34,35,36,37,38)/p+1/b28-13-. The van der Waals surface area contributed by atoms with E-state index in [1.807, 2.05) is 0 Å². The number of nitrogens with one attached hydrogen (secondary N) is 2. The first-order valence-electron chi connectivity index (χ1n) is 11.8. The molecule has 2 aliphatic rings. The third kappa shape index (κ3) is 5.57. The number of aliphatic carboxylic acids is 2. The Hall–Kier alpha value is -4.52. The summed E-state index contributed by atoms with van der Waals surface area (Å²) >= 11 is 2.06. The molecule has 2 aromatic heterocycles. The molecule has 17 nitrogen and oxygen atoms in total. The van der Waals surface area contributed by atoms with Crippen molar-refractivity contribution in [3.63, 3.8) is 0 Å². The maximum atomic E-state index is 13.2. The van der Waals surface area contributed by atoms with Gasteiger partial charge in [-0.15, -0.1) is 9.36 Å². The van der Waals surface area contributed by atoms with Crippen LogP contribution in [0.2, 0.25) is 0 Å². The van der Waals surface area contributed by atoms with E-state index < -0.39 is 52.2 Å². The number of oxime groups is 1. The van der Waals surface area contributed by atoms with E-state index in [-0.39, 0.29) is 34.6 Å². The molecule has 3 atom stereocenters. The SMILES string of the molecule is Cn1c(N)c(NC=O)c[n+]1CC1=C(C(=O)O)C2C(=O)C(NC(=O)/C(=N\OC(C)(C)C(=O)O)c3nsc(N)n3)C2SC1. The zero-order valence-electron chi connectivity index (χ0n) is 21.9. The lowest BCUT2D eigenvalue weighted by molar-refractivity contribution is -0.765. The highest BCUT2D eigenvalue weighted by Gasteiger charge is 2.57. The number of carbonyl (C=O) groups excluding carboxylic acids is 3. The molecular formula is C22H26N9O8S2+. The van der Waals surface area contributed by atoms with Crippen LogP contribution in [-0.4, -0.2) is 82.6 Å². The molecule has 0 radical (unpaired) electrons. The minimum atomic E-state index is -1.80. The van der Waals surface area contributed by atoms with Gasteiger partial charge in [-0.25, -0.2) is 9.59 Å². The highest BCUT2D eigenvalue weighted by molar-refractivity contribution is 8.00. The third-order valence-corrected chi connectivity index (χ3v) is 8.52. The van der Waals surface area contributed by atoms with Crippen molar-refractivity contribution in [2.75, 3.05) is 22.5 Å². The lowest BCUT2D eigenvalue weighted by Gasteiger charge is -2.45. The number of hydrogen-bond acceptors (Lipinski definition) is 13. The average molecular weight is 609 g/mol. The molecule has 0 spiro atoms. The number of amides is 2. The molecule has 0 bridgehead atoms. The van der Waals surface area contributed by atoms with Crippen molar-refractivity contribution in [2.45, 2.75) is 37.3 Å². The molecule has 2 aromatic rings. The van der Waals surface area contributed by atoms with Crippen LogP contribution < -0.4 is 26.8 Å². The molecule has 1 saturated carbocycles. The van der Waals surface area contributed by atoms with Crippen LogP contribution in [0.1, 0.15) is 19.7 Å². The monoisotopic (exact) mass is 608 g/mol. The van der Waals surface area contributed by atoms with Gasteiger partial charge < -0.3 is 37.2 Å². The average Bonchev–Trinajstić information content (AvgIpc) is 3.45. The fourth-order valence-electron chi connectivity index (χ4n) is 4.21. The van der Waals surface area contributed by atoms with Gasteiger partial charge >= 0.3 is 11.9 Å². The number of nitrogens with zero attached hydrogens (tertiary/aromatic N) is 5. The second-order valence-electron chi connectivity index (χ2n) is 9.54. The number of rotatable bonds is 11. The first kappa shape index (κ1) is 29.5. The summed E-state index contributed by atoms with van der Waals surface area (Å²) in [7, 11) is 1.64. The quantitative estimate of drug-likeness (QED) is 0.0725. The number of anilines is 3. The molecule has 19 heteroatoms. The number of nitrogen functional groups attached to an aromatic ring is 2. The Balaban J connectivity index is 1.57. The van der Waals surface area contributed by atoms with Crippen LogP contribution in [0.3, 0.4) is 0 Å². The highest BCUT2D eigenvalue weighted by atomic mass is 32.2. The van der Waals surface area contributed by atoms with Crippen molar-refractivity contribution in [1.29, 1.82) is 0 Å². The Kier molecular flexibility index (Phi) is 8.02. The van der Waals surface area contributed by atoms with Crippen LogP contribution in [0.4, 0.5) is 16.6 Å². The Morgan fingerprint density at radius 3 is 2.63 bits per heavy atom. The van der Waals surface area contributed by atoms with Crippen molar-refractivity contribution >= 4 is 75.7 Å².